The first-order valence-electron chi connectivity index (χ1n) is 11.8. The van der Waals surface area contributed by atoms with Gasteiger partial charge in [0.05, 0.1) is 18.6 Å². The first kappa shape index (κ1) is 25.5. The summed E-state index contributed by atoms with van der Waals surface area (Å²) in [7, 11) is 1.53. The van der Waals surface area contributed by atoms with Crippen LogP contribution in [-0.4, -0.2) is 54.1 Å². The van der Waals surface area contributed by atoms with Gasteiger partial charge in [-0.15, -0.1) is 0 Å². The fraction of sp³-hybridized carbons (Fsp3) is 0.600. The van der Waals surface area contributed by atoms with Crippen LogP contribution in [0.2, 0.25) is 0 Å². The van der Waals surface area contributed by atoms with Gasteiger partial charge in [0.1, 0.15) is 28.7 Å². The molecular weight excluding hydrogens is 434 g/mol. The minimum Gasteiger partial charge on any atom is -0.497 e. The standard InChI is InChI=1S/C25H35N5O4/c1-6-11-30-12-9-25(16-26,10-13-30)29-22(31)19(15-24(2,3)4)27-21-18-8-7-17(33-5)14-20(18)34-23(32)28-21/h7-8,14,19H,6,9-13,15H2,1-5H3,(H,29,31)(H,27,28,32). The number of nitrogens with zero attached hydrogens (tertiary/aromatic N) is 3. The minimum absolute atomic E-state index is 0.197. The molecule has 1 aromatic carbocycles. The highest BCUT2D eigenvalue weighted by atomic mass is 16.5. The number of nitrogens with one attached hydrogen (secondary N) is 2. The second-order valence-electron chi connectivity index (χ2n) is 10.2. The molecule has 1 aliphatic heterocycles. The normalized spacial score (nSPS) is 17.1. The molecule has 3 rings (SSSR count). The molecule has 1 unspecified atom stereocenters. The number of hydrogen-bond donors (Lipinski definition) is 2. The summed E-state index contributed by atoms with van der Waals surface area (Å²) in [5, 5.41) is 16.7. The summed E-state index contributed by atoms with van der Waals surface area (Å²) in [6, 6.07) is 6.75. The molecule has 2 heterocycles. The van der Waals surface area contributed by atoms with Gasteiger partial charge in [0.2, 0.25) is 5.91 Å². The third-order valence-electron chi connectivity index (χ3n) is 6.11. The van der Waals surface area contributed by atoms with Gasteiger partial charge in [-0.05, 0) is 49.8 Å². The maximum atomic E-state index is 13.5. The number of methoxy groups -OCH3 is 1. The van der Waals surface area contributed by atoms with Crippen LogP contribution in [0.1, 0.15) is 53.4 Å². The summed E-state index contributed by atoms with van der Waals surface area (Å²) >= 11 is 0. The molecule has 1 fully saturated rings. The second-order valence-corrected chi connectivity index (χ2v) is 10.2. The minimum atomic E-state index is -0.905. The van der Waals surface area contributed by atoms with Crippen LogP contribution in [0.4, 0.5) is 5.82 Å². The van der Waals surface area contributed by atoms with E-state index in [9.17, 15) is 14.9 Å². The van der Waals surface area contributed by atoms with Crippen LogP contribution in [0.5, 0.6) is 5.75 Å². The number of anilines is 1. The van der Waals surface area contributed by atoms with Crippen molar-refractivity contribution in [1.82, 2.24) is 15.2 Å². The number of ether oxygens (including phenoxy) is 1. The number of nitriles is 1. The zero-order valence-electron chi connectivity index (χ0n) is 20.7. The van der Waals surface area contributed by atoms with E-state index in [1.54, 1.807) is 18.2 Å². The number of hydrogen-bond acceptors (Lipinski definition) is 8. The van der Waals surface area contributed by atoms with Gasteiger partial charge < -0.3 is 24.7 Å². The maximum absolute atomic E-state index is 13.5. The van der Waals surface area contributed by atoms with Gasteiger partial charge in [-0.3, -0.25) is 4.79 Å². The van der Waals surface area contributed by atoms with E-state index in [2.05, 4.69) is 33.5 Å². The quantitative estimate of drug-likeness (QED) is 0.604. The van der Waals surface area contributed by atoms with Gasteiger partial charge >= 0.3 is 5.76 Å². The lowest BCUT2D eigenvalue weighted by molar-refractivity contribution is -0.124. The van der Waals surface area contributed by atoms with E-state index in [0.717, 1.165) is 26.1 Å². The molecule has 9 nitrogen and oxygen atoms in total. The van der Waals surface area contributed by atoms with Crippen molar-refractivity contribution >= 4 is 22.7 Å². The first-order valence-corrected chi connectivity index (χ1v) is 11.8. The Labute approximate surface area is 200 Å². The van der Waals surface area contributed by atoms with E-state index in [1.807, 2.05) is 20.8 Å². The smallest absolute Gasteiger partial charge is 0.441 e. The summed E-state index contributed by atoms with van der Waals surface area (Å²) in [5.74, 6) is -0.240. The van der Waals surface area contributed by atoms with Gasteiger partial charge in [-0.1, -0.05) is 27.7 Å². The van der Waals surface area contributed by atoms with Crippen LogP contribution >= 0.6 is 0 Å². The van der Waals surface area contributed by atoms with Gasteiger partial charge in [-0.25, -0.2) is 4.79 Å². The first-order chi connectivity index (χ1) is 16.1. The zero-order chi connectivity index (χ0) is 24.9. The number of carbonyl (C=O) groups excluding carboxylic acids is 1. The molecule has 184 valence electrons. The van der Waals surface area contributed by atoms with Gasteiger partial charge in [0.15, 0.2) is 0 Å². The monoisotopic (exact) mass is 469 g/mol. The Kier molecular flexibility index (Phi) is 7.82. The molecule has 1 saturated heterocycles. The maximum Gasteiger partial charge on any atom is 0.441 e. The van der Waals surface area contributed by atoms with Gasteiger partial charge in [0.25, 0.3) is 0 Å². The van der Waals surface area contributed by atoms with Crippen LogP contribution in [0, 0.1) is 16.7 Å². The zero-order valence-corrected chi connectivity index (χ0v) is 20.7. The average Bonchev–Trinajstić information content (AvgIpc) is 2.78. The average molecular weight is 470 g/mol. The lowest BCUT2D eigenvalue weighted by atomic mass is 9.85. The van der Waals surface area contributed by atoms with Crippen molar-refractivity contribution in [2.45, 2.75) is 65.0 Å². The fourth-order valence-corrected chi connectivity index (χ4v) is 4.34. The third-order valence-corrected chi connectivity index (χ3v) is 6.11. The van der Waals surface area contributed by atoms with Gasteiger partial charge in [-0.2, -0.15) is 10.2 Å². The van der Waals surface area contributed by atoms with Gasteiger partial charge in [0, 0.05) is 19.2 Å². The molecule has 1 aromatic heterocycles. The van der Waals surface area contributed by atoms with E-state index < -0.39 is 17.3 Å². The molecule has 34 heavy (non-hydrogen) atoms. The predicted molar refractivity (Wildman–Crippen MR) is 131 cm³/mol. The predicted octanol–water partition coefficient (Wildman–Crippen LogP) is 3.30. The van der Waals surface area contributed by atoms with Crippen molar-refractivity contribution in [3.05, 3.63) is 28.7 Å². The number of benzene rings is 1. The Morgan fingerprint density at radius 3 is 2.65 bits per heavy atom. The largest absolute Gasteiger partial charge is 0.497 e. The summed E-state index contributed by atoms with van der Waals surface area (Å²) < 4.78 is 10.5. The van der Waals surface area contributed by atoms with Crippen molar-refractivity contribution < 1.29 is 13.9 Å². The lowest BCUT2D eigenvalue weighted by Gasteiger charge is -2.39. The molecule has 2 aromatic rings. The Hall–Kier alpha value is -3.12. The highest BCUT2D eigenvalue weighted by molar-refractivity contribution is 5.92. The summed E-state index contributed by atoms with van der Waals surface area (Å²) in [6.07, 6.45) is 2.68. The SMILES string of the molecule is CCCN1CCC(C#N)(NC(=O)C(CC(C)(C)C)Nc2nc(=O)oc3cc(OC)ccc23)CC1. The lowest BCUT2D eigenvalue weighted by Crippen LogP contribution is -2.57. The molecule has 1 amide bonds. The summed E-state index contributed by atoms with van der Waals surface area (Å²) in [5.41, 5.74) is -0.788. The number of amides is 1. The molecular formula is C25H35N5O4. The van der Waals surface area contributed by atoms with Crippen molar-refractivity contribution in [2.24, 2.45) is 5.41 Å². The molecule has 9 heteroatoms. The topological polar surface area (TPSA) is 120 Å². The number of fused-ring (bicyclic) bond motifs is 1. The van der Waals surface area contributed by atoms with E-state index in [-0.39, 0.29) is 17.1 Å². The van der Waals surface area contributed by atoms with Crippen molar-refractivity contribution in [2.75, 3.05) is 32.1 Å². The van der Waals surface area contributed by atoms with Crippen LogP contribution in [-0.2, 0) is 4.79 Å². The molecule has 1 aliphatic rings. The fourth-order valence-electron chi connectivity index (χ4n) is 4.34. The Balaban J connectivity index is 1.87. The van der Waals surface area contributed by atoms with Crippen LogP contribution in [0.15, 0.2) is 27.4 Å². The molecule has 1 atom stereocenters. The molecule has 2 N–H and O–H groups in total. The summed E-state index contributed by atoms with van der Waals surface area (Å²) in [6.45, 7) is 10.8. The highest BCUT2D eigenvalue weighted by Gasteiger charge is 2.38. The van der Waals surface area contributed by atoms with E-state index in [0.29, 0.717) is 36.0 Å². The van der Waals surface area contributed by atoms with Crippen LogP contribution in [0.3, 0.4) is 0 Å². The van der Waals surface area contributed by atoms with E-state index in [1.165, 1.54) is 7.11 Å². The van der Waals surface area contributed by atoms with E-state index >= 15 is 0 Å². The number of piperidine rings is 1. The number of carbonyl (C=O) groups is 1. The number of likely N-dealkylation sites (tertiary alicyclic amines) is 1. The van der Waals surface area contributed by atoms with E-state index in [4.69, 9.17) is 9.15 Å². The molecule has 0 spiro atoms. The highest BCUT2D eigenvalue weighted by Crippen LogP contribution is 2.29. The second kappa shape index (κ2) is 10.4. The molecule has 0 saturated carbocycles. The number of aromatic nitrogens is 1. The Morgan fingerprint density at radius 1 is 1.35 bits per heavy atom. The van der Waals surface area contributed by atoms with Crippen molar-refractivity contribution in [1.29, 1.82) is 5.26 Å². The molecule has 0 radical (unpaired) electrons. The van der Waals surface area contributed by atoms with Crippen LogP contribution in [0.25, 0.3) is 11.0 Å². The number of rotatable bonds is 8. The summed E-state index contributed by atoms with van der Waals surface area (Å²) in [4.78, 5) is 31.9. The van der Waals surface area contributed by atoms with Crippen molar-refractivity contribution in [3.8, 4) is 11.8 Å². The molecule has 0 aliphatic carbocycles. The Morgan fingerprint density at radius 2 is 2.06 bits per heavy atom. The van der Waals surface area contributed by atoms with Crippen molar-refractivity contribution in [3.63, 3.8) is 0 Å². The molecule has 0 bridgehead atoms. The Bertz CT molecular complexity index is 1110. The van der Waals surface area contributed by atoms with Crippen LogP contribution < -0.4 is 21.1 Å². The third kappa shape index (κ3) is 6.26.